The van der Waals surface area contributed by atoms with Gasteiger partial charge in [-0.05, 0) is 39.3 Å². The number of aliphatic hydroxyl groups is 1. The van der Waals surface area contributed by atoms with Crippen LogP contribution in [0.15, 0.2) is 0 Å². The number of hydrogen-bond acceptors (Lipinski definition) is 3. The van der Waals surface area contributed by atoms with Crippen LogP contribution in [-0.4, -0.2) is 48.3 Å². The molecule has 0 amide bonds. The Bertz CT molecular complexity index is 180. The average Bonchev–Trinajstić information content (AvgIpc) is 2.64. The van der Waals surface area contributed by atoms with Crippen LogP contribution in [0.5, 0.6) is 0 Å². The van der Waals surface area contributed by atoms with Gasteiger partial charge < -0.3 is 15.3 Å². The maximum absolute atomic E-state index is 10.1. The van der Waals surface area contributed by atoms with Crippen LogP contribution < -0.4 is 5.32 Å². The van der Waals surface area contributed by atoms with Crippen molar-refractivity contribution in [3.8, 4) is 0 Å². The Morgan fingerprint density at radius 2 is 2.07 bits per heavy atom. The molecule has 0 bridgehead atoms. The molecule has 15 heavy (non-hydrogen) atoms. The number of hydrogen-bond donors (Lipinski definition) is 2. The van der Waals surface area contributed by atoms with E-state index in [0.29, 0.717) is 6.04 Å². The van der Waals surface area contributed by atoms with Crippen LogP contribution in [0.25, 0.3) is 0 Å². The van der Waals surface area contributed by atoms with Crippen LogP contribution in [0, 0.1) is 0 Å². The SMILES string of the molecule is CCC(O)(CC)CNCC1CCCN1C. The zero-order valence-electron chi connectivity index (χ0n) is 10.4. The molecule has 1 aliphatic rings. The van der Waals surface area contributed by atoms with E-state index >= 15 is 0 Å². The lowest BCUT2D eigenvalue weighted by Crippen LogP contribution is -2.44. The topological polar surface area (TPSA) is 35.5 Å². The predicted octanol–water partition coefficient (Wildman–Crippen LogP) is 1.22. The second-order valence-electron chi connectivity index (χ2n) is 4.84. The third-order valence-corrected chi connectivity index (χ3v) is 3.82. The second-order valence-corrected chi connectivity index (χ2v) is 4.84. The molecule has 2 N–H and O–H groups in total. The predicted molar refractivity (Wildman–Crippen MR) is 64.1 cm³/mol. The Morgan fingerprint density at radius 3 is 2.53 bits per heavy atom. The third kappa shape index (κ3) is 3.74. The monoisotopic (exact) mass is 214 g/mol. The molecule has 0 aromatic heterocycles. The largest absolute Gasteiger partial charge is 0.389 e. The fourth-order valence-corrected chi connectivity index (χ4v) is 2.21. The lowest BCUT2D eigenvalue weighted by molar-refractivity contribution is 0.0315. The fraction of sp³-hybridized carbons (Fsp3) is 1.00. The first-order valence-electron chi connectivity index (χ1n) is 6.24. The molecular weight excluding hydrogens is 188 g/mol. The number of likely N-dealkylation sites (tertiary alicyclic amines) is 1. The Hall–Kier alpha value is -0.120. The van der Waals surface area contributed by atoms with Gasteiger partial charge in [0.2, 0.25) is 0 Å². The smallest absolute Gasteiger partial charge is 0.0766 e. The van der Waals surface area contributed by atoms with Gasteiger partial charge in [0.25, 0.3) is 0 Å². The minimum absolute atomic E-state index is 0.503. The van der Waals surface area contributed by atoms with Gasteiger partial charge in [0.15, 0.2) is 0 Å². The molecule has 3 heteroatoms. The molecule has 1 aliphatic heterocycles. The highest BCUT2D eigenvalue weighted by molar-refractivity contribution is 4.82. The number of nitrogens with zero attached hydrogens (tertiary/aromatic N) is 1. The zero-order valence-corrected chi connectivity index (χ0v) is 10.4. The summed E-state index contributed by atoms with van der Waals surface area (Å²) in [4.78, 5) is 2.41. The molecule has 3 nitrogen and oxygen atoms in total. The molecule has 0 aromatic carbocycles. The van der Waals surface area contributed by atoms with E-state index in [0.717, 1.165) is 25.9 Å². The van der Waals surface area contributed by atoms with Crippen LogP contribution in [0.1, 0.15) is 39.5 Å². The second kappa shape index (κ2) is 5.83. The summed E-state index contributed by atoms with van der Waals surface area (Å²) in [6.07, 6.45) is 4.27. The van der Waals surface area contributed by atoms with E-state index < -0.39 is 5.60 Å². The summed E-state index contributed by atoms with van der Waals surface area (Å²) in [5.41, 5.74) is -0.503. The highest BCUT2D eigenvalue weighted by Gasteiger charge is 2.24. The number of nitrogens with one attached hydrogen (secondary N) is 1. The van der Waals surface area contributed by atoms with Gasteiger partial charge in [-0.2, -0.15) is 0 Å². The van der Waals surface area contributed by atoms with E-state index in [4.69, 9.17) is 0 Å². The van der Waals surface area contributed by atoms with E-state index in [-0.39, 0.29) is 0 Å². The zero-order chi connectivity index (χ0) is 11.3. The Kier molecular flexibility index (Phi) is 5.03. The molecule has 1 unspecified atom stereocenters. The fourth-order valence-electron chi connectivity index (χ4n) is 2.21. The van der Waals surface area contributed by atoms with Crippen molar-refractivity contribution in [3.05, 3.63) is 0 Å². The maximum Gasteiger partial charge on any atom is 0.0766 e. The summed E-state index contributed by atoms with van der Waals surface area (Å²) in [5, 5.41) is 13.5. The van der Waals surface area contributed by atoms with Crippen molar-refractivity contribution in [2.24, 2.45) is 0 Å². The van der Waals surface area contributed by atoms with Gasteiger partial charge in [-0.15, -0.1) is 0 Å². The van der Waals surface area contributed by atoms with Crippen LogP contribution in [0.4, 0.5) is 0 Å². The van der Waals surface area contributed by atoms with Crippen molar-refractivity contribution < 1.29 is 5.11 Å². The Morgan fingerprint density at radius 1 is 1.40 bits per heavy atom. The van der Waals surface area contributed by atoms with Crippen LogP contribution >= 0.6 is 0 Å². The summed E-state index contributed by atoms with van der Waals surface area (Å²) in [7, 11) is 2.19. The molecule has 1 fully saturated rings. The highest BCUT2D eigenvalue weighted by atomic mass is 16.3. The maximum atomic E-state index is 10.1. The van der Waals surface area contributed by atoms with Gasteiger partial charge in [-0.3, -0.25) is 0 Å². The molecule has 0 aromatic rings. The van der Waals surface area contributed by atoms with E-state index in [9.17, 15) is 5.11 Å². The van der Waals surface area contributed by atoms with Gasteiger partial charge in [0, 0.05) is 19.1 Å². The molecule has 90 valence electrons. The standard InChI is InChI=1S/C12H26N2O/c1-4-12(15,5-2)10-13-9-11-7-6-8-14(11)3/h11,13,15H,4-10H2,1-3H3. The summed E-state index contributed by atoms with van der Waals surface area (Å²) in [6.45, 7) is 7.06. The Labute approximate surface area is 93.9 Å². The first-order chi connectivity index (χ1) is 7.11. The van der Waals surface area contributed by atoms with Gasteiger partial charge in [-0.1, -0.05) is 13.8 Å². The van der Waals surface area contributed by atoms with Crippen molar-refractivity contribution in [3.63, 3.8) is 0 Å². The van der Waals surface area contributed by atoms with Crippen LogP contribution in [-0.2, 0) is 0 Å². The molecule has 0 aliphatic carbocycles. The third-order valence-electron chi connectivity index (χ3n) is 3.82. The minimum atomic E-state index is -0.503. The lowest BCUT2D eigenvalue weighted by atomic mass is 9.97. The van der Waals surface area contributed by atoms with Crippen molar-refractivity contribution >= 4 is 0 Å². The summed E-state index contributed by atoms with van der Waals surface area (Å²) < 4.78 is 0. The van der Waals surface area contributed by atoms with Gasteiger partial charge in [-0.25, -0.2) is 0 Å². The molecule has 0 spiro atoms. The molecule has 1 saturated heterocycles. The van der Waals surface area contributed by atoms with Gasteiger partial charge in [0.05, 0.1) is 5.60 Å². The van der Waals surface area contributed by atoms with Gasteiger partial charge >= 0.3 is 0 Å². The van der Waals surface area contributed by atoms with E-state index in [1.807, 2.05) is 13.8 Å². The first kappa shape index (κ1) is 12.9. The van der Waals surface area contributed by atoms with Crippen molar-refractivity contribution in [1.29, 1.82) is 0 Å². The number of likely N-dealkylation sites (N-methyl/N-ethyl adjacent to an activating group) is 1. The van der Waals surface area contributed by atoms with Crippen molar-refractivity contribution in [1.82, 2.24) is 10.2 Å². The normalized spacial score (nSPS) is 23.6. The number of rotatable bonds is 6. The summed E-state index contributed by atoms with van der Waals surface area (Å²) in [6, 6.07) is 0.669. The van der Waals surface area contributed by atoms with E-state index in [2.05, 4.69) is 17.3 Å². The molecule has 1 atom stereocenters. The minimum Gasteiger partial charge on any atom is -0.389 e. The molecule has 1 heterocycles. The quantitative estimate of drug-likeness (QED) is 0.698. The van der Waals surface area contributed by atoms with Gasteiger partial charge in [0.1, 0.15) is 0 Å². The highest BCUT2D eigenvalue weighted by Crippen LogP contribution is 2.15. The molecule has 0 radical (unpaired) electrons. The molecule has 0 saturated carbocycles. The first-order valence-corrected chi connectivity index (χ1v) is 6.24. The van der Waals surface area contributed by atoms with E-state index in [1.165, 1.54) is 19.4 Å². The Balaban J connectivity index is 2.20. The summed E-state index contributed by atoms with van der Waals surface area (Å²) in [5.74, 6) is 0. The molecular formula is C12H26N2O. The summed E-state index contributed by atoms with van der Waals surface area (Å²) >= 11 is 0. The average molecular weight is 214 g/mol. The molecule has 1 rings (SSSR count). The van der Waals surface area contributed by atoms with Crippen LogP contribution in [0.3, 0.4) is 0 Å². The van der Waals surface area contributed by atoms with Crippen molar-refractivity contribution in [2.75, 3.05) is 26.7 Å². The van der Waals surface area contributed by atoms with E-state index in [1.54, 1.807) is 0 Å². The van der Waals surface area contributed by atoms with Crippen molar-refractivity contribution in [2.45, 2.75) is 51.2 Å². The lowest BCUT2D eigenvalue weighted by Gasteiger charge is -2.27. The van der Waals surface area contributed by atoms with Crippen LogP contribution in [0.2, 0.25) is 0 Å².